The molecule has 0 aliphatic rings. The van der Waals surface area contributed by atoms with Gasteiger partial charge in [0.15, 0.2) is 6.04 Å². The number of carbonyl (C=O) groups is 2. The van der Waals surface area contributed by atoms with Crippen molar-refractivity contribution in [2.24, 2.45) is 0 Å². The van der Waals surface area contributed by atoms with Crippen LogP contribution in [-0.2, 0) is 20.7 Å². The van der Waals surface area contributed by atoms with Crippen LogP contribution in [0.15, 0.2) is 48.5 Å². The van der Waals surface area contributed by atoms with Gasteiger partial charge < -0.3 is 14.8 Å². The number of nitrogens with one attached hydrogen (secondary N) is 1. The van der Waals surface area contributed by atoms with Gasteiger partial charge >= 0.3 is 5.97 Å². The minimum Gasteiger partial charge on any atom is -0.497 e. The molecule has 5 nitrogen and oxygen atoms in total. The van der Waals surface area contributed by atoms with Crippen molar-refractivity contribution in [2.75, 3.05) is 14.2 Å². The lowest BCUT2D eigenvalue weighted by atomic mass is 10.0. The van der Waals surface area contributed by atoms with E-state index in [2.05, 4.69) is 5.32 Å². The van der Waals surface area contributed by atoms with Gasteiger partial charge in [0.05, 0.1) is 20.6 Å². The van der Waals surface area contributed by atoms with E-state index in [4.69, 9.17) is 9.47 Å². The van der Waals surface area contributed by atoms with Gasteiger partial charge in [-0.25, -0.2) is 4.79 Å². The lowest BCUT2D eigenvalue weighted by Crippen LogP contribution is -2.35. The Bertz CT molecular complexity index is 692. The van der Waals surface area contributed by atoms with E-state index in [1.54, 1.807) is 19.2 Å². The molecule has 1 amide bonds. The summed E-state index contributed by atoms with van der Waals surface area (Å²) < 4.78 is 9.90. The zero-order valence-corrected chi connectivity index (χ0v) is 14.0. The molecule has 1 atom stereocenters. The minimum absolute atomic E-state index is 0.170. The van der Waals surface area contributed by atoms with Gasteiger partial charge in [-0.1, -0.05) is 42.0 Å². The van der Waals surface area contributed by atoms with Crippen molar-refractivity contribution < 1.29 is 19.1 Å². The number of hydrogen-bond donors (Lipinski definition) is 1. The van der Waals surface area contributed by atoms with Crippen molar-refractivity contribution in [3.8, 4) is 5.75 Å². The van der Waals surface area contributed by atoms with Gasteiger partial charge in [-0.15, -0.1) is 0 Å². The van der Waals surface area contributed by atoms with Crippen LogP contribution in [0.2, 0.25) is 0 Å². The maximum Gasteiger partial charge on any atom is 0.333 e. The second-order valence-corrected chi connectivity index (χ2v) is 5.46. The van der Waals surface area contributed by atoms with E-state index in [0.717, 1.165) is 16.9 Å². The van der Waals surface area contributed by atoms with Gasteiger partial charge in [0.1, 0.15) is 5.75 Å². The summed E-state index contributed by atoms with van der Waals surface area (Å²) in [7, 11) is 2.89. The van der Waals surface area contributed by atoms with E-state index in [9.17, 15) is 9.59 Å². The van der Waals surface area contributed by atoms with Crippen LogP contribution in [0, 0.1) is 6.92 Å². The fourth-order valence-corrected chi connectivity index (χ4v) is 2.30. The molecule has 0 saturated carbocycles. The van der Waals surface area contributed by atoms with Gasteiger partial charge in [-0.2, -0.15) is 0 Å². The number of benzene rings is 2. The summed E-state index contributed by atoms with van der Waals surface area (Å²) in [6.07, 6.45) is 0.170. The third-order valence-electron chi connectivity index (χ3n) is 3.68. The zero-order chi connectivity index (χ0) is 17.5. The Kier molecular flexibility index (Phi) is 5.95. The standard InChI is InChI=1S/C19H21NO4/c1-13-4-8-15(9-5-13)18(19(22)24-3)20-17(21)12-14-6-10-16(23-2)11-7-14/h4-11,18H,12H2,1-3H3,(H,20,21)/t18-/m1/s1. The summed E-state index contributed by atoms with van der Waals surface area (Å²) in [5, 5.41) is 2.74. The Hall–Kier alpha value is -2.82. The molecule has 0 heterocycles. The Morgan fingerprint density at radius 3 is 2.17 bits per heavy atom. The Morgan fingerprint density at radius 1 is 1.00 bits per heavy atom. The minimum atomic E-state index is -0.818. The predicted molar refractivity (Wildman–Crippen MR) is 90.8 cm³/mol. The number of amides is 1. The molecule has 0 fully saturated rings. The molecule has 2 aromatic rings. The van der Waals surface area contributed by atoms with Gasteiger partial charge in [0, 0.05) is 0 Å². The topological polar surface area (TPSA) is 64.6 Å². The fourth-order valence-electron chi connectivity index (χ4n) is 2.30. The highest BCUT2D eigenvalue weighted by Gasteiger charge is 2.23. The molecule has 0 aromatic heterocycles. The molecule has 24 heavy (non-hydrogen) atoms. The third kappa shape index (κ3) is 4.59. The van der Waals surface area contributed by atoms with Crippen molar-refractivity contribution in [1.82, 2.24) is 5.32 Å². The van der Waals surface area contributed by atoms with Crippen molar-refractivity contribution in [3.05, 3.63) is 65.2 Å². The van der Waals surface area contributed by atoms with E-state index in [1.807, 2.05) is 43.3 Å². The van der Waals surface area contributed by atoms with Crippen LogP contribution in [0.3, 0.4) is 0 Å². The highest BCUT2D eigenvalue weighted by atomic mass is 16.5. The number of methoxy groups -OCH3 is 2. The first-order valence-corrected chi connectivity index (χ1v) is 7.60. The molecule has 0 bridgehead atoms. The molecular weight excluding hydrogens is 306 g/mol. The zero-order valence-electron chi connectivity index (χ0n) is 14.0. The van der Waals surface area contributed by atoms with E-state index in [-0.39, 0.29) is 12.3 Å². The summed E-state index contributed by atoms with van der Waals surface area (Å²) in [4.78, 5) is 24.3. The fraction of sp³-hybridized carbons (Fsp3) is 0.263. The molecule has 126 valence electrons. The summed E-state index contributed by atoms with van der Waals surface area (Å²) in [6, 6.07) is 13.8. The molecule has 0 saturated heterocycles. The Balaban J connectivity index is 2.09. The number of esters is 1. The first kappa shape index (κ1) is 17.5. The molecular formula is C19H21NO4. The summed E-state index contributed by atoms with van der Waals surface area (Å²) in [6.45, 7) is 1.96. The van der Waals surface area contributed by atoms with Crippen LogP contribution in [0.1, 0.15) is 22.7 Å². The lowest BCUT2D eigenvalue weighted by molar-refractivity contribution is -0.145. The van der Waals surface area contributed by atoms with Crippen LogP contribution in [0.4, 0.5) is 0 Å². The quantitative estimate of drug-likeness (QED) is 0.828. The van der Waals surface area contributed by atoms with Crippen LogP contribution in [-0.4, -0.2) is 26.1 Å². The lowest BCUT2D eigenvalue weighted by Gasteiger charge is -2.17. The van der Waals surface area contributed by atoms with Crippen LogP contribution in [0.25, 0.3) is 0 Å². The second-order valence-electron chi connectivity index (χ2n) is 5.46. The van der Waals surface area contributed by atoms with Crippen LogP contribution < -0.4 is 10.1 Å². The predicted octanol–water partition coefficient (Wildman–Crippen LogP) is 2.58. The molecule has 2 rings (SSSR count). The van der Waals surface area contributed by atoms with E-state index in [1.165, 1.54) is 7.11 Å². The van der Waals surface area contributed by atoms with E-state index in [0.29, 0.717) is 5.56 Å². The molecule has 2 aromatic carbocycles. The van der Waals surface area contributed by atoms with Crippen molar-refractivity contribution in [2.45, 2.75) is 19.4 Å². The smallest absolute Gasteiger partial charge is 0.333 e. The van der Waals surface area contributed by atoms with Crippen LogP contribution >= 0.6 is 0 Å². The van der Waals surface area contributed by atoms with Crippen molar-refractivity contribution in [3.63, 3.8) is 0 Å². The Morgan fingerprint density at radius 2 is 1.62 bits per heavy atom. The average molecular weight is 327 g/mol. The van der Waals surface area contributed by atoms with E-state index < -0.39 is 12.0 Å². The molecule has 0 aliphatic heterocycles. The summed E-state index contributed by atoms with van der Waals surface area (Å²) >= 11 is 0. The Labute approximate surface area is 141 Å². The van der Waals surface area contributed by atoms with Gasteiger partial charge in [0.25, 0.3) is 0 Å². The second kappa shape index (κ2) is 8.15. The molecule has 0 aliphatic carbocycles. The SMILES string of the molecule is COC(=O)[C@H](NC(=O)Cc1ccc(OC)cc1)c1ccc(C)cc1. The van der Waals surface area contributed by atoms with E-state index >= 15 is 0 Å². The first-order chi connectivity index (χ1) is 11.5. The number of rotatable bonds is 6. The molecule has 0 unspecified atom stereocenters. The number of carbonyl (C=O) groups excluding carboxylic acids is 2. The summed E-state index contributed by atoms with van der Waals surface area (Å²) in [5.74, 6) is -0.0238. The van der Waals surface area contributed by atoms with Gasteiger partial charge in [-0.05, 0) is 30.2 Å². The number of hydrogen-bond acceptors (Lipinski definition) is 4. The number of ether oxygens (including phenoxy) is 2. The largest absolute Gasteiger partial charge is 0.497 e. The average Bonchev–Trinajstić information content (AvgIpc) is 2.60. The monoisotopic (exact) mass is 327 g/mol. The summed E-state index contributed by atoms with van der Waals surface area (Å²) in [5.41, 5.74) is 2.60. The molecule has 0 spiro atoms. The van der Waals surface area contributed by atoms with Crippen LogP contribution in [0.5, 0.6) is 5.75 Å². The third-order valence-corrected chi connectivity index (χ3v) is 3.68. The first-order valence-electron chi connectivity index (χ1n) is 7.60. The highest BCUT2D eigenvalue weighted by Crippen LogP contribution is 2.16. The maximum absolute atomic E-state index is 12.3. The highest BCUT2D eigenvalue weighted by molar-refractivity contribution is 5.86. The maximum atomic E-state index is 12.3. The molecule has 0 radical (unpaired) electrons. The van der Waals surface area contributed by atoms with Gasteiger partial charge in [0.2, 0.25) is 5.91 Å². The molecule has 1 N–H and O–H groups in total. The number of aryl methyl sites for hydroxylation is 1. The van der Waals surface area contributed by atoms with Crippen molar-refractivity contribution in [1.29, 1.82) is 0 Å². The normalized spacial score (nSPS) is 11.5. The van der Waals surface area contributed by atoms with Gasteiger partial charge in [-0.3, -0.25) is 4.79 Å². The van der Waals surface area contributed by atoms with Crippen molar-refractivity contribution >= 4 is 11.9 Å². The molecule has 5 heteroatoms.